The molecule has 0 bridgehead atoms. The standard InChI is InChI=1S/C21H23F2N5O3/c1-9-4-14(11-6-25-3-2-10(11)17(9)23)31-15-5-13(18(29)19(15)30)28-7-12(22)16-20(24)26-8-27-21(16)28/h4,7-8,13,15,18-19,25,29-30H,2-3,5-6H2,1H3,(H2,24,26,27)/t13?,15?,18-,19+/m0/s1. The minimum Gasteiger partial charge on any atom is -0.487 e. The zero-order valence-corrected chi connectivity index (χ0v) is 16.8. The molecule has 4 atom stereocenters. The number of ether oxygens (including phenoxy) is 1. The molecule has 1 aliphatic heterocycles. The number of halogens is 2. The van der Waals surface area contributed by atoms with Gasteiger partial charge in [0.15, 0.2) is 5.82 Å². The van der Waals surface area contributed by atoms with Gasteiger partial charge < -0.3 is 30.6 Å². The third-order valence-corrected chi connectivity index (χ3v) is 6.30. The van der Waals surface area contributed by atoms with Gasteiger partial charge in [-0.3, -0.25) is 0 Å². The summed E-state index contributed by atoms with van der Waals surface area (Å²) in [5.74, 6) is -0.357. The van der Waals surface area contributed by atoms with E-state index in [9.17, 15) is 19.0 Å². The molecule has 0 radical (unpaired) electrons. The summed E-state index contributed by atoms with van der Waals surface area (Å²) >= 11 is 0. The summed E-state index contributed by atoms with van der Waals surface area (Å²) < 4.78 is 36.6. The molecule has 2 unspecified atom stereocenters. The Kier molecular flexibility index (Phi) is 4.80. The summed E-state index contributed by atoms with van der Waals surface area (Å²) in [6.45, 7) is 2.81. The summed E-state index contributed by atoms with van der Waals surface area (Å²) in [6.07, 6.45) is -0.0296. The highest BCUT2D eigenvalue weighted by molar-refractivity contribution is 5.86. The Morgan fingerprint density at radius 1 is 1.23 bits per heavy atom. The Balaban J connectivity index is 1.48. The molecule has 1 aliphatic carbocycles. The highest BCUT2D eigenvalue weighted by Crippen LogP contribution is 2.39. The molecule has 1 aromatic carbocycles. The first kappa shape index (κ1) is 20.1. The van der Waals surface area contributed by atoms with Crippen LogP contribution in [0, 0.1) is 18.6 Å². The SMILES string of the molecule is Cc1cc(OC2CC(n3cc(F)c4c(N)ncnc43)[C@H](O)[C@@H]2O)c2c(c1F)CCNC2. The van der Waals surface area contributed by atoms with Crippen molar-refractivity contribution in [2.45, 2.75) is 50.7 Å². The van der Waals surface area contributed by atoms with Crippen LogP contribution >= 0.6 is 0 Å². The van der Waals surface area contributed by atoms with Crippen LogP contribution in [0.15, 0.2) is 18.6 Å². The number of nitrogens with two attached hydrogens (primary N) is 1. The first-order valence-corrected chi connectivity index (χ1v) is 10.2. The number of nitrogens with one attached hydrogen (secondary N) is 1. The lowest BCUT2D eigenvalue weighted by Gasteiger charge is -2.25. The highest BCUT2D eigenvalue weighted by atomic mass is 19.1. The fourth-order valence-corrected chi connectivity index (χ4v) is 4.69. The molecule has 2 aliphatic rings. The number of hydrogen-bond acceptors (Lipinski definition) is 7. The van der Waals surface area contributed by atoms with Crippen molar-refractivity contribution >= 4 is 16.9 Å². The number of fused-ring (bicyclic) bond motifs is 2. The number of nitrogens with zero attached hydrogens (tertiary/aromatic N) is 3. The molecular formula is C21H23F2N5O3. The predicted molar refractivity (Wildman–Crippen MR) is 109 cm³/mol. The van der Waals surface area contributed by atoms with E-state index in [2.05, 4.69) is 15.3 Å². The predicted octanol–water partition coefficient (Wildman–Crippen LogP) is 1.36. The Labute approximate surface area is 176 Å². The van der Waals surface area contributed by atoms with Gasteiger partial charge in [-0.15, -0.1) is 0 Å². The molecule has 8 nitrogen and oxygen atoms in total. The third-order valence-electron chi connectivity index (χ3n) is 6.30. The van der Waals surface area contributed by atoms with Gasteiger partial charge in [-0.05, 0) is 37.1 Å². The first-order valence-electron chi connectivity index (χ1n) is 10.2. The van der Waals surface area contributed by atoms with E-state index in [0.29, 0.717) is 36.4 Å². The van der Waals surface area contributed by atoms with Gasteiger partial charge in [0.2, 0.25) is 0 Å². The quantitative estimate of drug-likeness (QED) is 0.495. The molecule has 10 heteroatoms. The van der Waals surface area contributed by atoms with Crippen LogP contribution in [0.2, 0.25) is 0 Å². The zero-order chi connectivity index (χ0) is 21.9. The van der Waals surface area contributed by atoms with E-state index in [1.54, 1.807) is 13.0 Å². The minimum absolute atomic E-state index is 0.00278. The summed E-state index contributed by atoms with van der Waals surface area (Å²) in [7, 11) is 0. The van der Waals surface area contributed by atoms with E-state index in [1.807, 2.05) is 0 Å². The van der Waals surface area contributed by atoms with E-state index in [1.165, 1.54) is 17.1 Å². The summed E-state index contributed by atoms with van der Waals surface area (Å²) in [5, 5.41) is 24.7. The van der Waals surface area contributed by atoms with Crippen molar-refractivity contribution in [3.63, 3.8) is 0 Å². The second-order valence-corrected chi connectivity index (χ2v) is 8.17. The number of nitrogen functional groups attached to an aromatic ring is 1. The van der Waals surface area contributed by atoms with Gasteiger partial charge in [0.05, 0.1) is 11.4 Å². The number of benzene rings is 1. The van der Waals surface area contributed by atoms with Crippen molar-refractivity contribution in [1.29, 1.82) is 0 Å². The van der Waals surface area contributed by atoms with Gasteiger partial charge in [-0.1, -0.05) is 0 Å². The van der Waals surface area contributed by atoms with Crippen LogP contribution in [0.5, 0.6) is 5.75 Å². The maximum atomic E-state index is 14.5. The topological polar surface area (TPSA) is 118 Å². The number of aryl methyl sites for hydroxylation is 1. The fraction of sp³-hybridized carbons (Fsp3) is 0.429. The average Bonchev–Trinajstić information content (AvgIpc) is 3.24. The van der Waals surface area contributed by atoms with E-state index in [0.717, 1.165) is 5.56 Å². The molecule has 3 heterocycles. The molecule has 0 amide bonds. The smallest absolute Gasteiger partial charge is 0.154 e. The van der Waals surface area contributed by atoms with Crippen molar-refractivity contribution in [1.82, 2.24) is 19.9 Å². The van der Waals surface area contributed by atoms with Gasteiger partial charge in [0.25, 0.3) is 0 Å². The van der Waals surface area contributed by atoms with Crippen molar-refractivity contribution in [2.24, 2.45) is 0 Å². The van der Waals surface area contributed by atoms with Crippen molar-refractivity contribution in [3.05, 3.63) is 46.9 Å². The highest BCUT2D eigenvalue weighted by Gasteiger charge is 2.45. The van der Waals surface area contributed by atoms with Crippen LogP contribution in [-0.2, 0) is 13.0 Å². The third kappa shape index (κ3) is 3.13. The van der Waals surface area contributed by atoms with Gasteiger partial charge in [-0.25, -0.2) is 18.7 Å². The van der Waals surface area contributed by atoms with Crippen LogP contribution in [0.1, 0.15) is 29.2 Å². The Morgan fingerprint density at radius 2 is 2.03 bits per heavy atom. The normalized spacial score (nSPS) is 25.7. The number of anilines is 1. The van der Waals surface area contributed by atoms with E-state index in [4.69, 9.17) is 10.5 Å². The van der Waals surface area contributed by atoms with E-state index >= 15 is 0 Å². The molecule has 1 fully saturated rings. The van der Waals surface area contributed by atoms with E-state index < -0.39 is 30.2 Å². The molecule has 2 aromatic heterocycles. The Morgan fingerprint density at radius 3 is 2.84 bits per heavy atom. The largest absolute Gasteiger partial charge is 0.487 e. The number of hydrogen-bond donors (Lipinski definition) is 4. The monoisotopic (exact) mass is 431 g/mol. The van der Waals surface area contributed by atoms with Crippen LogP contribution in [0.25, 0.3) is 11.0 Å². The minimum atomic E-state index is -1.22. The average molecular weight is 431 g/mol. The lowest BCUT2D eigenvalue weighted by Crippen LogP contribution is -2.35. The molecule has 5 N–H and O–H groups in total. The number of rotatable bonds is 3. The van der Waals surface area contributed by atoms with Crippen molar-refractivity contribution in [2.75, 3.05) is 12.3 Å². The van der Waals surface area contributed by atoms with Gasteiger partial charge in [0.1, 0.15) is 47.7 Å². The van der Waals surface area contributed by atoms with Crippen LogP contribution in [-0.4, -0.2) is 49.6 Å². The number of aliphatic hydroxyl groups excluding tert-OH is 2. The second-order valence-electron chi connectivity index (χ2n) is 8.17. The Hall–Kier alpha value is -2.82. The number of aromatic nitrogens is 3. The molecule has 1 saturated carbocycles. The maximum Gasteiger partial charge on any atom is 0.154 e. The second kappa shape index (κ2) is 7.40. The lowest BCUT2D eigenvalue weighted by atomic mass is 9.96. The van der Waals surface area contributed by atoms with Gasteiger partial charge >= 0.3 is 0 Å². The van der Waals surface area contributed by atoms with E-state index in [-0.39, 0.29) is 29.1 Å². The molecular weight excluding hydrogens is 408 g/mol. The first-order chi connectivity index (χ1) is 14.9. The lowest BCUT2D eigenvalue weighted by molar-refractivity contribution is -0.0167. The van der Waals surface area contributed by atoms with Crippen LogP contribution in [0.4, 0.5) is 14.6 Å². The Bertz CT molecular complexity index is 1170. The maximum absolute atomic E-state index is 14.5. The van der Waals surface area contributed by atoms with Gasteiger partial charge in [-0.2, -0.15) is 0 Å². The zero-order valence-electron chi connectivity index (χ0n) is 16.8. The number of aliphatic hydroxyl groups is 2. The fourth-order valence-electron chi connectivity index (χ4n) is 4.69. The summed E-state index contributed by atoms with van der Waals surface area (Å²) in [6, 6.07) is 0.934. The summed E-state index contributed by atoms with van der Waals surface area (Å²) in [5.41, 5.74) is 7.81. The summed E-state index contributed by atoms with van der Waals surface area (Å²) in [4.78, 5) is 7.91. The molecule has 3 aromatic rings. The van der Waals surface area contributed by atoms with Crippen molar-refractivity contribution < 1.29 is 23.7 Å². The molecule has 31 heavy (non-hydrogen) atoms. The van der Waals surface area contributed by atoms with Crippen LogP contribution < -0.4 is 15.8 Å². The van der Waals surface area contributed by atoms with Gasteiger partial charge in [0, 0.05) is 24.7 Å². The molecule has 5 rings (SSSR count). The van der Waals surface area contributed by atoms with Crippen LogP contribution in [0.3, 0.4) is 0 Å². The van der Waals surface area contributed by atoms with Crippen molar-refractivity contribution in [3.8, 4) is 5.75 Å². The molecule has 164 valence electrons. The molecule has 0 spiro atoms. The molecule has 0 saturated heterocycles.